The van der Waals surface area contributed by atoms with Gasteiger partial charge in [0.25, 0.3) is 0 Å². The molecule has 0 saturated carbocycles. The average Bonchev–Trinajstić information content (AvgIpc) is 2.37. The van der Waals surface area contributed by atoms with Gasteiger partial charge in [-0.2, -0.15) is 0 Å². The van der Waals surface area contributed by atoms with Crippen LogP contribution in [0.3, 0.4) is 0 Å². The first-order chi connectivity index (χ1) is 8.31. The molecule has 0 amide bonds. The zero-order chi connectivity index (χ0) is 12.1. The van der Waals surface area contributed by atoms with Gasteiger partial charge in [0.15, 0.2) is 0 Å². The molecular formula is C13H18BrNO2. The predicted molar refractivity (Wildman–Crippen MR) is 72.6 cm³/mol. The molecule has 1 N–H and O–H groups in total. The fourth-order valence-corrected chi connectivity index (χ4v) is 2.55. The summed E-state index contributed by atoms with van der Waals surface area (Å²) in [4.78, 5) is 2.36. The summed E-state index contributed by atoms with van der Waals surface area (Å²) in [5.41, 5.74) is 2.58. The van der Waals surface area contributed by atoms with Crippen LogP contribution in [0.15, 0.2) is 22.7 Å². The molecular weight excluding hydrogens is 282 g/mol. The Bertz CT molecular complexity index is 364. The van der Waals surface area contributed by atoms with Gasteiger partial charge in [-0.25, -0.2) is 0 Å². The van der Waals surface area contributed by atoms with Crippen LogP contribution in [0.1, 0.15) is 12.0 Å². The van der Waals surface area contributed by atoms with E-state index in [4.69, 9.17) is 9.84 Å². The van der Waals surface area contributed by atoms with E-state index in [2.05, 4.69) is 39.0 Å². The van der Waals surface area contributed by atoms with Crippen LogP contribution in [0, 0.1) is 0 Å². The van der Waals surface area contributed by atoms with E-state index < -0.39 is 0 Å². The van der Waals surface area contributed by atoms with Gasteiger partial charge in [0.1, 0.15) is 0 Å². The van der Waals surface area contributed by atoms with E-state index in [0.717, 1.165) is 43.6 Å². The molecule has 0 atom stereocenters. The molecule has 1 aromatic carbocycles. The summed E-state index contributed by atoms with van der Waals surface area (Å²) in [5.74, 6) is 0. The van der Waals surface area contributed by atoms with Gasteiger partial charge in [-0.15, -0.1) is 0 Å². The second kappa shape index (κ2) is 6.38. The highest BCUT2D eigenvalue weighted by molar-refractivity contribution is 9.10. The number of benzene rings is 1. The van der Waals surface area contributed by atoms with E-state index >= 15 is 0 Å². The number of nitrogens with zero attached hydrogens (tertiary/aromatic N) is 1. The van der Waals surface area contributed by atoms with Crippen LogP contribution in [0.5, 0.6) is 0 Å². The Balaban J connectivity index is 2.18. The highest BCUT2D eigenvalue weighted by Gasteiger charge is 2.14. The second-order valence-electron chi connectivity index (χ2n) is 4.20. The van der Waals surface area contributed by atoms with Crippen molar-refractivity contribution >= 4 is 21.6 Å². The third kappa shape index (κ3) is 3.44. The lowest BCUT2D eigenvalue weighted by atomic mass is 10.1. The number of halogens is 1. The van der Waals surface area contributed by atoms with Crippen molar-refractivity contribution in [1.82, 2.24) is 0 Å². The Labute approximate surface area is 111 Å². The Hall–Kier alpha value is -0.580. The van der Waals surface area contributed by atoms with E-state index in [1.54, 1.807) is 0 Å². The molecule has 0 spiro atoms. The Morgan fingerprint density at radius 2 is 2.06 bits per heavy atom. The fourth-order valence-electron chi connectivity index (χ4n) is 2.14. The second-order valence-corrected chi connectivity index (χ2v) is 5.12. The van der Waals surface area contributed by atoms with Crippen molar-refractivity contribution in [2.24, 2.45) is 0 Å². The maximum atomic E-state index is 8.95. The van der Waals surface area contributed by atoms with Crippen molar-refractivity contribution in [3.8, 4) is 0 Å². The topological polar surface area (TPSA) is 32.7 Å². The summed E-state index contributed by atoms with van der Waals surface area (Å²) in [7, 11) is 0. The number of aryl methyl sites for hydroxylation is 1. The van der Waals surface area contributed by atoms with E-state index in [9.17, 15) is 0 Å². The maximum Gasteiger partial charge on any atom is 0.0642 e. The standard InChI is InChI=1S/C13H18BrNO2/c14-12-3-4-13(11(10-12)2-1-7-16)15-5-8-17-9-6-15/h3-4,10,16H,1-2,5-9H2. The van der Waals surface area contributed by atoms with Crippen molar-refractivity contribution in [1.29, 1.82) is 0 Å². The zero-order valence-corrected chi connectivity index (χ0v) is 11.4. The molecule has 1 heterocycles. The molecule has 1 aromatic rings. The molecule has 0 aromatic heterocycles. The van der Waals surface area contributed by atoms with Gasteiger partial charge in [0, 0.05) is 29.9 Å². The van der Waals surface area contributed by atoms with E-state index in [0.29, 0.717) is 0 Å². The molecule has 3 nitrogen and oxygen atoms in total. The van der Waals surface area contributed by atoms with Crippen molar-refractivity contribution in [3.05, 3.63) is 28.2 Å². The first-order valence-electron chi connectivity index (χ1n) is 6.03. The van der Waals surface area contributed by atoms with Crippen molar-refractivity contribution in [2.45, 2.75) is 12.8 Å². The number of ether oxygens (including phenoxy) is 1. The van der Waals surface area contributed by atoms with Crippen molar-refractivity contribution in [3.63, 3.8) is 0 Å². The van der Waals surface area contributed by atoms with E-state index in [1.165, 1.54) is 11.3 Å². The number of rotatable bonds is 4. The number of anilines is 1. The lowest BCUT2D eigenvalue weighted by Crippen LogP contribution is -2.36. The summed E-state index contributed by atoms with van der Waals surface area (Å²) in [5, 5.41) is 8.95. The molecule has 0 radical (unpaired) electrons. The van der Waals surface area contributed by atoms with Crippen LogP contribution in [-0.4, -0.2) is 38.0 Å². The van der Waals surface area contributed by atoms with Crippen LogP contribution >= 0.6 is 15.9 Å². The largest absolute Gasteiger partial charge is 0.396 e. The average molecular weight is 300 g/mol. The van der Waals surface area contributed by atoms with Crippen LogP contribution in [-0.2, 0) is 11.2 Å². The molecule has 0 aliphatic carbocycles. The minimum Gasteiger partial charge on any atom is -0.396 e. The predicted octanol–water partition coefficient (Wildman–Crippen LogP) is 2.21. The van der Waals surface area contributed by atoms with Crippen LogP contribution < -0.4 is 4.90 Å². The van der Waals surface area contributed by atoms with Crippen LogP contribution in [0.2, 0.25) is 0 Å². The lowest BCUT2D eigenvalue weighted by molar-refractivity contribution is 0.122. The molecule has 1 aliphatic rings. The van der Waals surface area contributed by atoms with Gasteiger partial charge in [0.2, 0.25) is 0 Å². The number of aliphatic hydroxyl groups is 1. The van der Waals surface area contributed by atoms with Gasteiger partial charge in [0.05, 0.1) is 13.2 Å². The molecule has 1 aliphatic heterocycles. The van der Waals surface area contributed by atoms with Crippen LogP contribution in [0.4, 0.5) is 5.69 Å². The Morgan fingerprint density at radius 1 is 1.29 bits per heavy atom. The van der Waals surface area contributed by atoms with E-state index in [1.807, 2.05) is 0 Å². The summed E-state index contributed by atoms with van der Waals surface area (Å²) in [6.45, 7) is 3.75. The molecule has 0 bridgehead atoms. The summed E-state index contributed by atoms with van der Waals surface area (Å²) in [6.07, 6.45) is 1.73. The zero-order valence-electron chi connectivity index (χ0n) is 9.86. The SMILES string of the molecule is OCCCc1cc(Br)ccc1N1CCOCC1. The Kier molecular flexibility index (Phi) is 4.83. The molecule has 2 rings (SSSR count). The van der Waals surface area contributed by atoms with Gasteiger partial charge in [-0.1, -0.05) is 15.9 Å². The van der Waals surface area contributed by atoms with Gasteiger partial charge >= 0.3 is 0 Å². The number of aliphatic hydroxyl groups excluding tert-OH is 1. The summed E-state index contributed by atoms with van der Waals surface area (Å²) >= 11 is 3.51. The first kappa shape index (κ1) is 12.9. The summed E-state index contributed by atoms with van der Waals surface area (Å²) in [6, 6.07) is 6.38. The van der Waals surface area contributed by atoms with Gasteiger partial charge in [-0.3, -0.25) is 0 Å². The monoisotopic (exact) mass is 299 g/mol. The van der Waals surface area contributed by atoms with E-state index in [-0.39, 0.29) is 6.61 Å². The van der Waals surface area contributed by atoms with Crippen LogP contribution in [0.25, 0.3) is 0 Å². The molecule has 94 valence electrons. The lowest BCUT2D eigenvalue weighted by Gasteiger charge is -2.30. The third-order valence-corrected chi connectivity index (χ3v) is 3.49. The van der Waals surface area contributed by atoms with Crippen molar-refractivity contribution in [2.75, 3.05) is 37.8 Å². The number of hydrogen-bond acceptors (Lipinski definition) is 3. The molecule has 0 unspecified atom stereocenters. The molecule has 1 fully saturated rings. The molecule has 1 saturated heterocycles. The quantitative estimate of drug-likeness (QED) is 0.925. The molecule has 17 heavy (non-hydrogen) atoms. The minimum atomic E-state index is 0.245. The smallest absolute Gasteiger partial charge is 0.0642 e. The highest BCUT2D eigenvalue weighted by atomic mass is 79.9. The summed E-state index contributed by atoms with van der Waals surface area (Å²) < 4.78 is 6.47. The highest BCUT2D eigenvalue weighted by Crippen LogP contribution is 2.26. The Morgan fingerprint density at radius 3 is 2.76 bits per heavy atom. The third-order valence-electron chi connectivity index (χ3n) is 3.00. The fraction of sp³-hybridized carbons (Fsp3) is 0.538. The number of morpholine rings is 1. The minimum absolute atomic E-state index is 0.245. The van der Waals surface area contributed by atoms with Gasteiger partial charge < -0.3 is 14.7 Å². The van der Waals surface area contributed by atoms with Crippen molar-refractivity contribution < 1.29 is 9.84 Å². The first-order valence-corrected chi connectivity index (χ1v) is 6.82. The molecule has 4 heteroatoms. The van der Waals surface area contributed by atoms with Gasteiger partial charge in [-0.05, 0) is 36.6 Å². The maximum absolute atomic E-state index is 8.95. The number of hydrogen-bond donors (Lipinski definition) is 1. The normalized spacial score (nSPS) is 16.2.